The number of aryl methyl sites for hydroxylation is 1. The number of aromatic nitrogens is 2. The molecule has 0 bridgehead atoms. The highest BCUT2D eigenvalue weighted by Crippen LogP contribution is 2.08. The van der Waals surface area contributed by atoms with Crippen molar-refractivity contribution in [1.82, 2.24) is 9.97 Å². The molecular formula is C8H13IN2O. The van der Waals surface area contributed by atoms with E-state index in [-0.39, 0.29) is 32.5 Å². The highest BCUT2D eigenvalue weighted by atomic mass is 127. The Morgan fingerprint density at radius 1 is 1.25 bits per heavy atom. The van der Waals surface area contributed by atoms with E-state index in [4.69, 9.17) is 0 Å². The monoisotopic (exact) mass is 280 g/mol. The van der Waals surface area contributed by atoms with Crippen LogP contribution in [0.1, 0.15) is 8.42 Å². The first-order valence-electron chi connectivity index (χ1n) is 3.44. The molecule has 0 atom stereocenters. The smallest absolute Gasteiger partial charge is 0.306 e. The minimum Gasteiger partial charge on any atom is -0.306 e. The number of imidazole rings is 1. The summed E-state index contributed by atoms with van der Waals surface area (Å²) in [5, 5.41) is 0. The van der Waals surface area contributed by atoms with E-state index in [0.717, 1.165) is 16.6 Å². The quantitative estimate of drug-likeness (QED) is 0.715. The molecule has 1 aromatic carbocycles. The van der Waals surface area contributed by atoms with Crippen LogP contribution in [-0.2, 0) is 0 Å². The van der Waals surface area contributed by atoms with Crippen LogP contribution in [0.2, 0.25) is 0 Å². The predicted octanol–water partition coefficient (Wildman–Crippen LogP) is 2.27. The van der Waals surface area contributed by atoms with E-state index in [1.165, 1.54) is 0 Å². The maximum Gasteiger partial charge on any atom is 0.323 e. The van der Waals surface area contributed by atoms with Crippen molar-refractivity contribution in [3.63, 3.8) is 0 Å². The summed E-state index contributed by atoms with van der Waals surface area (Å²) in [6, 6.07) is 5.79. The van der Waals surface area contributed by atoms with Gasteiger partial charge < -0.3 is 9.97 Å². The summed E-state index contributed by atoms with van der Waals surface area (Å²) >= 11 is 0. The summed E-state index contributed by atoms with van der Waals surface area (Å²) in [7, 11) is 0. The molecule has 68 valence electrons. The number of hydrogen-bond acceptors (Lipinski definition) is 1. The van der Waals surface area contributed by atoms with E-state index in [0.29, 0.717) is 0 Å². The van der Waals surface area contributed by atoms with Crippen molar-refractivity contribution < 1.29 is 2.85 Å². The number of rotatable bonds is 0. The van der Waals surface area contributed by atoms with E-state index in [9.17, 15) is 4.79 Å². The molecule has 0 fully saturated rings. The van der Waals surface area contributed by atoms with Crippen LogP contribution in [0.5, 0.6) is 0 Å². The van der Waals surface area contributed by atoms with Crippen molar-refractivity contribution in [2.24, 2.45) is 0 Å². The first-order chi connectivity index (χ1) is 5.25. The van der Waals surface area contributed by atoms with Gasteiger partial charge in [-0.1, -0.05) is 6.07 Å². The van der Waals surface area contributed by atoms with Gasteiger partial charge >= 0.3 is 5.69 Å². The average Bonchev–Trinajstić information content (AvgIpc) is 2.27. The predicted molar refractivity (Wildman–Crippen MR) is 63.3 cm³/mol. The van der Waals surface area contributed by atoms with Gasteiger partial charge in [0.2, 0.25) is 0 Å². The van der Waals surface area contributed by atoms with Crippen molar-refractivity contribution in [1.29, 1.82) is 0 Å². The van der Waals surface area contributed by atoms with Crippen LogP contribution in [0.3, 0.4) is 0 Å². The first kappa shape index (κ1) is 9.31. The number of halogens is 1. The molecule has 0 amide bonds. The van der Waals surface area contributed by atoms with Gasteiger partial charge in [-0.15, -0.1) is 24.0 Å². The average molecular weight is 280 g/mol. The molecule has 2 rings (SSSR count). The molecule has 0 radical (unpaired) electrons. The molecular weight excluding hydrogens is 267 g/mol. The van der Waals surface area contributed by atoms with E-state index >= 15 is 0 Å². The fourth-order valence-corrected chi connectivity index (χ4v) is 1.15. The Balaban J connectivity index is 0. The molecule has 0 aliphatic rings. The summed E-state index contributed by atoms with van der Waals surface area (Å²) in [5.41, 5.74) is 2.73. The van der Waals surface area contributed by atoms with Crippen molar-refractivity contribution in [3.8, 4) is 0 Å². The third kappa shape index (κ3) is 1.52. The van der Waals surface area contributed by atoms with Gasteiger partial charge in [-0.2, -0.15) is 0 Å². The van der Waals surface area contributed by atoms with Gasteiger partial charge in [0.05, 0.1) is 11.0 Å². The fraction of sp³-hybridized carbons (Fsp3) is 0.125. The molecule has 1 heterocycles. The Morgan fingerprint density at radius 3 is 2.67 bits per heavy atom. The molecule has 3 nitrogen and oxygen atoms in total. The number of nitrogens with one attached hydrogen (secondary N) is 2. The van der Waals surface area contributed by atoms with Gasteiger partial charge in [-0.3, -0.25) is 0 Å². The summed E-state index contributed by atoms with van der Waals surface area (Å²) in [6.45, 7) is 1.99. The Labute approximate surface area is 89.2 Å². The lowest BCUT2D eigenvalue weighted by Gasteiger charge is -1.89. The molecule has 0 saturated carbocycles. The third-order valence-electron chi connectivity index (χ3n) is 1.67. The molecule has 1 aromatic heterocycles. The zero-order chi connectivity index (χ0) is 7.84. The van der Waals surface area contributed by atoms with Crippen molar-refractivity contribution in [2.75, 3.05) is 0 Å². The Bertz CT molecular complexity index is 452. The van der Waals surface area contributed by atoms with Gasteiger partial charge in [0, 0.05) is 2.85 Å². The lowest BCUT2D eigenvalue weighted by Crippen LogP contribution is -1.99. The van der Waals surface area contributed by atoms with Crippen LogP contribution in [0.15, 0.2) is 23.0 Å². The van der Waals surface area contributed by atoms with E-state index in [1.54, 1.807) is 0 Å². The highest BCUT2D eigenvalue weighted by molar-refractivity contribution is 14.0. The van der Waals surface area contributed by atoms with Crippen LogP contribution in [0, 0.1) is 6.92 Å². The molecule has 0 saturated heterocycles. The maximum absolute atomic E-state index is 10.8. The number of H-pyrrole nitrogens is 2. The second-order valence-corrected chi connectivity index (χ2v) is 2.63. The standard InChI is InChI=1S/C8H8N2O.HI.2H2/c1-5-2-3-6-7(4-5)10-8(11)9-6;;;/h2-4H,1H3,(H2,9,10,11);3*1H. The summed E-state index contributed by atoms with van der Waals surface area (Å²) < 4.78 is 0. The number of benzene rings is 1. The van der Waals surface area contributed by atoms with Gasteiger partial charge in [0.1, 0.15) is 0 Å². The van der Waals surface area contributed by atoms with Gasteiger partial charge in [0.25, 0.3) is 0 Å². The highest BCUT2D eigenvalue weighted by Gasteiger charge is 1.95. The largest absolute Gasteiger partial charge is 0.323 e. The number of hydrogen-bond donors (Lipinski definition) is 2. The summed E-state index contributed by atoms with van der Waals surface area (Å²) in [6.07, 6.45) is 0. The van der Waals surface area contributed by atoms with Gasteiger partial charge in [-0.05, 0) is 24.6 Å². The second kappa shape index (κ2) is 3.30. The normalized spacial score (nSPS) is 9.75. The van der Waals surface area contributed by atoms with Crippen LogP contribution < -0.4 is 5.69 Å². The zero-order valence-corrected chi connectivity index (χ0v) is 8.88. The Kier molecular flexibility index (Phi) is 2.56. The van der Waals surface area contributed by atoms with Crippen molar-refractivity contribution in [2.45, 2.75) is 6.92 Å². The van der Waals surface area contributed by atoms with Gasteiger partial charge in [0.15, 0.2) is 0 Å². The van der Waals surface area contributed by atoms with Crippen molar-refractivity contribution >= 4 is 35.0 Å². The number of fused-ring (bicyclic) bond motifs is 1. The van der Waals surface area contributed by atoms with Crippen molar-refractivity contribution in [3.05, 3.63) is 34.2 Å². The molecule has 0 aliphatic heterocycles. The van der Waals surface area contributed by atoms with E-state index in [1.807, 2.05) is 25.1 Å². The summed E-state index contributed by atoms with van der Waals surface area (Å²) in [5.74, 6) is 0. The van der Waals surface area contributed by atoms with Crippen LogP contribution >= 0.6 is 24.0 Å². The molecule has 0 unspecified atom stereocenters. The SMILES string of the molecule is Cc1ccc2[nH]c(=O)[nH]c2c1.I.[HH].[HH]. The van der Waals surface area contributed by atoms with Gasteiger partial charge in [-0.25, -0.2) is 4.79 Å². The third-order valence-corrected chi connectivity index (χ3v) is 1.67. The number of aromatic amines is 2. The topological polar surface area (TPSA) is 48.6 Å². The molecule has 2 aromatic rings. The second-order valence-electron chi connectivity index (χ2n) is 2.63. The van der Waals surface area contributed by atoms with Crippen LogP contribution in [-0.4, -0.2) is 9.97 Å². The first-order valence-corrected chi connectivity index (χ1v) is 3.44. The summed E-state index contributed by atoms with van der Waals surface area (Å²) in [4.78, 5) is 16.2. The van der Waals surface area contributed by atoms with E-state index in [2.05, 4.69) is 9.97 Å². The van der Waals surface area contributed by atoms with E-state index < -0.39 is 0 Å². The Morgan fingerprint density at radius 2 is 1.92 bits per heavy atom. The molecule has 0 aliphatic carbocycles. The zero-order valence-electron chi connectivity index (χ0n) is 6.55. The Hall–Kier alpha value is -0.780. The minimum atomic E-state index is -0.148. The molecule has 12 heavy (non-hydrogen) atoms. The lowest BCUT2D eigenvalue weighted by atomic mass is 10.2. The molecule has 2 N–H and O–H groups in total. The maximum atomic E-state index is 10.8. The van der Waals surface area contributed by atoms with Crippen LogP contribution in [0.25, 0.3) is 11.0 Å². The minimum absolute atomic E-state index is 0. The fourth-order valence-electron chi connectivity index (χ4n) is 1.15. The molecule has 0 spiro atoms. The molecule has 4 heteroatoms. The van der Waals surface area contributed by atoms with Crippen LogP contribution in [0.4, 0.5) is 0 Å². The lowest BCUT2D eigenvalue weighted by molar-refractivity contribution is 1.21.